The summed E-state index contributed by atoms with van der Waals surface area (Å²) >= 11 is 0. The van der Waals surface area contributed by atoms with E-state index in [1.807, 2.05) is 24.3 Å². The molecule has 0 aliphatic carbocycles. The number of rotatable bonds is 8. The van der Waals surface area contributed by atoms with Crippen LogP contribution in [0.2, 0.25) is 0 Å². The monoisotopic (exact) mass is 374 g/mol. The van der Waals surface area contributed by atoms with Crippen LogP contribution in [0.3, 0.4) is 0 Å². The van der Waals surface area contributed by atoms with Gasteiger partial charge in [0, 0.05) is 0 Å². The first-order valence-electron chi connectivity index (χ1n) is 10.0. The summed E-state index contributed by atoms with van der Waals surface area (Å²) in [6.07, 6.45) is 0. The Morgan fingerprint density at radius 3 is 1.11 bits per heavy atom. The van der Waals surface area contributed by atoms with Gasteiger partial charge in [-0.05, 0) is 58.4 Å². The zero-order chi connectivity index (χ0) is 19.9. The molecule has 3 rings (SSSR count). The first-order chi connectivity index (χ1) is 13.5. The van der Waals surface area contributed by atoms with Crippen LogP contribution in [-0.4, -0.2) is 0 Å². The van der Waals surface area contributed by atoms with Crippen LogP contribution in [0.25, 0.3) is 0 Å². The third kappa shape index (κ3) is 5.63. The summed E-state index contributed by atoms with van der Waals surface area (Å²) in [6.45, 7) is 9.96. The Balaban J connectivity index is 1.49. The van der Waals surface area contributed by atoms with Gasteiger partial charge in [0.25, 0.3) is 0 Å². The second-order valence-corrected chi connectivity index (χ2v) is 7.84. The third-order valence-corrected chi connectivity index (χ3v) is 4.93. The van der Waals surface area contributed by atoms with Gasteiger partial charge in [-0.15, -0.1) is 0 Å². The lowest BCUT2D eigenvalue weighted by atomic mass is 10.0. The van der Waals surface area contributed by atoms with Crippen molar-refractivity contribution in [1.29, 1.82) is 0 Å². The normalized spacial score (nSPS) is 11.1. The molecule has 0 aromatic heterocycles. The molecule has 0 fully saturated rings. The quantitative estimate of drug-likeness (QED) is 0.419. The van der Waals surface area contributed by atoms with Crippen LogP contribution in [0.5, 0.6) is 11.5 Å². The summed E-state index contributed by atoms with van der Waals surface area (Å²) < 4.78 is 11.8. The molecule has 0 radical (unpaired) electrons. The van der Waals surface area contributed by atoms with Gasteiger partial charge >= 0.3 is 0 Å². The molecule has 0 atom stereocenters. The van der Waals surface area contributed by atoms with Crippen molar-refractivity contribution in [2.75, 3.05) is 0 Å². The van der Waals surface area contributed by atoms with Crippen molar-refractivity contribution in [2.45, 2.75) is 52.7 Å². The van der Waals surface area contributed by atoms with Crippen LogP contribution in [0, 0.1) is 0 Å². The maximum atomic E-state index is 5.89. The molecule has 28 heavy (non-hydrogen) atoms. The maximum absolute atomic E-state index is 5.89. The molecule has 0 saturated carbocycles. The van der Waals surface area contributed by atoms with Gasteiger partial charge < -0.3 is 9.47 Å². The molecule has 0 saturated heterocycles. The molecule has 3 aromatic rings. The number of hydrogen-bond acceptors (Lipinski definition) is 2. The van der Waals surface area contributed by atoms with Crippen molar-refractivity contribution in [3.8, 4) is 11.5 Å². The number of benzene rings is 3. The molecule has 146 valence electrons. The SMILES string of the molecule is CC(C)c1ccc(COc2ccc(OCc3ccc(C(C)C)cc3)cc2)cc1. The first kappa shape index (κ1) is 20.0. The molecular weight excluding hydrogens is 344 g/mol. The molecule has 0 unspecified atom stereocenters. The average Bonchev–Trinajstić information content (AvgIpc) is 2.72. The standard InChI is InChI=1S/C26H30O2/c1-19(2)23-9-5-21(6-10-23)17-27-25-13-15-26(16-14-25)28-18-22-7-11-24(12-8-22)20(3)4/h5-16,19-20H,17-18H2,1-4H3. The topological polar surface area (TPSA) is 18.5 Å². The predicted octanol–water partition coefficient (Wildman–Crippen LogP) is 7.09. The Hall–Kier alpha value is -2.74. The predicted molar refractivity (Wildman–Crippen MR) is 116 cm³/mol. The van der Waals surface area contributed by atoms with Crippen LogP contribution < -0.4 is 9.47 Å². The van der Waals surface area contributed by atoms with E-state index in [1.54, 1.807) is 0 Å². The summed E-state index contributed by atoms with van der Waals surface area (Å²) in [5, 5.41) is 0. The minimum atomic E-state index is 0.552. The highest BCUT2D eigenvalue weighted by molar-refractivity contribution is 5.32. The van der Waals surface area contributed by atoms with Gasteiger partial charge in [-0.25, -0.2) is 0 Å². The van der Waals surface area contributed by atoms with E-state index in [0.29, 0.717) is 25.0 Å². The van der Waals surface area contributed by atoms with Gasteiger partial charge in [0.15, 0.2) is 0 Å². The second kappa shape index (κ2) is 9.45. The summed E-state index contributed by atoms with van der Waals surface area (Å²) in [5.41, 5.74) is 5.05. The number of ether oxygens (including phenoxy) is 2. The fourth-order valence-corrected chi connectivity index (χ4v) is 2.96. The van der Waals surface area contributed by atoms with E-state index < -0.39 is 0 Å². The zero-order valence-corrected chi connectivity index (χ0v) is 17.3. The molecule has 3 aromatic carbocycles. The maximum Gasteiger partial charge on any atom is 0.120 e. The first-order valence-corrected chi connectivity index (χ1v) is 10.0. The Bertz CT molecular complexity index is 770. The molecule has 0 bridgehead atoms. The van der Waals surface area contributed by atoms with Gasteiger partial charge in [-0.3, -0.25) is 0 Å². The molecule has 0 N–H and O–H groups in total. The molecule has 0 heterocycles. The van der Waals surface area contributed by atoms with Crippen LogP contribution in [-0.2, 0) is 13.2 Å². The molecule has 0 aliphatic heterocycles. The highest BCUT2D eigenvalue weighted by atomic mass is 16.5. The Morgan fingerprint density at radius 1 is 0.500 bits per heavy atom. The van der Waals surface area contributed by atoms with Crippen molar-refractivity contribution >= 4 is 0 Å². The molecule has 0 amide bonds. The van der Waals surface area contributed by atoms with E-state index in [4.69, 9.17) is 9.47 Å². The summed E-state index contributed by atoms with van der Waals surface area (Å²) in [5.74, 6) is 2.80. The Morgan fingerprint density at radius 2 is 0.821 bits per heavy atom. The lowest BCUT2D eigenvalue weighted by molar-refractivity contribution is 0.297. The van der Waals surface area contributed by atoms with E-state index in [0.717, 1.165) is 11.5 Å². The van der Waals surface area contributed by atoms with Crippen LogP contribution >= 0.6 is 0 Å². The Labute approximate surface area is 169 Å². The molecular formula is C26H30O2. The lowest BCUT2D eigenvalue weighted by Gasteiger charge is -2.11. The van der Waals surface area contributed by atoms with Crippen molar-refractivity contribution in [2.24, 2.45) is 0 Å². The molecule has 0 aliphatic rings. The molecule has 2 nitrogen and oxygen atoms in total. The van der Waals surface area contributed by atoms with E-state index in [-0.39, 0.29) is 0 Å². The molecule has 2 heteroatoms. The minimum Gasteiger partial charge on any atom is -0.489 e. The largest absolute Gasteiger partial charge is 0.489 e. The van der Waals surface area contributed by atoms with Crippen molar-refractivity contribution < 1.29 is 9.47 Å². The van der Waals surface area contributed by atoms with E-state index in [2.05, 4.69) is 76.2 Å². The van der Waals surface area contributed by atoms with Crippen molar-refractivity contribution in [3.63, 3.8) is 0 Å². The van der Waals surface area contributed by atoms with E-state index in [9.17, 15) is 0 Å². The smallest absolute Gasteiger partial charge is 0.120 e. The van der Waals surface area contributed by atoms with E-state index in [1.165, 1.54) is 22.3 Å². The fraction of sp³-hybridized carbons (Fsp3) is 0.308. The van der Waals surface area contributed by atoms with Crippen LogP contribution in [0.1, 0.15) is 61.8 Å². The summed E-state index contributed by atoms with van der Waals surface area (Å²) in [4.78, 5) is 0. The van der Waals surface area contributed by atoms with Crippen molar-refractivity contribution in [1.82, 2.24) is 0 Å². The van der Waals surface area contributed by atoms with Gasteiger partial charge in [0.1, 0.15) is 24.7 Å². The minimum absolute atomic E-state index is 0.552. The highest BCUT2D eigenvalue weighted by Crippen LogP contribution is 2.21. The van der Waals surface area contributed by atoms with E-state index >= 15 is 0 Å². The molecule has 0 spiro atoms. The second-order valence-electron chi connectivity index (χ2n) is 7.84. The van der Waals surface area contributed by atoms with Gasteiger partial charge in [-0.1, -0.05) is 76.2 Å². The number of hydrogen-bond donors (Lipinski definition) is 0. The average molecular weight is 375 g/mol. The van der Waals surface area contributed by atoms with Gasteiger partial charge in [0.05, 0.1) is 0 Å². The van der Waals surface area contributed by atoms with Gasteiger partial charge in [-0.2, -0.15) is 0 Å². The zero-order valence-electron chi connectivity index (χ0n) is 17.3. The lowest BCUT2D eigenvalue weighted by Crippen LogP contribution is -1.98. The van der Waals surface area contributed by atoms with Crippen LogP contribution in [0.15, 0.2) is 72.8 Å². The van der Waals surface area contributed by atoms with Crippen LogP contribution in [0.4, 0.5) is 0 Å². The highest BCUT2D eigenvalue weighted by Gasteiger charge is 2.02. The fourth-order valence-electron chi connectivity index (χ4n) is 2.96. The third-order valence-electron chi connectivity index (χ3n) is 4.93. The van der Waals surface area contributed by atoms with Gasteiger partial charge in [0.2, 0.25) is 0 Å². The van der Waals surface area contributed by atoms with Crippen molar-refractivity contribution in [3.05, 3.63) is 95.1 Å². The summed E-state index contributed by atoms with van der Waals surface area (Å²) in [7, 11) is 0. The Kier molecular flexibility index (Phi) is 6.76. The summed E-state index contributed by atoms with van der Waals surface area (Å²) in [6, 6.07) is 25.1.